The maximum Gasteiger partial charge on any atom is 0.234 e. The van der Waals surface area contributed by atoms with Crippen molar-refractivity contribution in [2.45, 2.75) is 32.7 Å². The molecule has 0 aliphatic heterocycles. The van der Waals surface area contributed by atoms with Crippen molar-refractivity contribution in [3.63, 3.8) is 0 Å². The molecule has 1 rings (SSSR count). The van der Waals surface area contributed by atoms with E-state index in [1.54, 1.807) is 38.4 Å². The zero-order valence-electron chi connectivity index (χ0n) is 13.3. The minimum absolute atomic E-state index is 0.162. The molecule has 21 heavy (non-hydrogen) atoms. The average Bonchev–Trinajstić information content (AvgIpc) is 2.45. The molecule has 0 saturated carbocycles. The summed E-state index contributed by atoms with van der Waals surface area (Å²) in [5.41, 5.74) is 0.649. The summed E-state index contributed by atoms with van der Waals surface area (Å²) in [6, 6.07) is 7.44. The molecule has 0 heterocycles. The smallest absolute Gasteiger partial charge is 0.234 e. The van der Waals surface area contributed by atoms with Gasteiger partial charge in [0.15, 0.2) is 0 Å². The van der Waals surface area contributed by atoms with Crippen LogP contribution in [0.3, 0.4) is 0 Å². The number of nitrogens with zero attached hydrogens (tertiary/aromatic N) is 1. The molecule has 120 valence electrons. The number of sulfonamides is 1. The number of methoxy groups -OCH3 is 1. The van der Waals surface area contributed by atoms with Gasteiger partial charge < -0.3 is 10.1 Å². The standard InChI is InChI=1S/C15H26N2O3S/c1-13(2)16-11-5-6-12-21(18,19)17(3)14-7-9-15(20-4)10-8-14/h7-10,13,16H,5-6,11-12H2,1-4H3. The van der Waals surface area contributed by atoms with Crippen LogP contribution in [-0.2, 0) is 10.0 Å². The highest BCUT2D eigenvalue weighted by molar-refractivity contribution is 7.92. The molecule has 0 aromatic heterocycles. The van der Waals surface area contributed by atoms with Crippen molar-refractivity contribution < 1.29 is 13.2 Å². The summed E-state index contributed by atoms with van der Waals surface area (Å²) in [7, 11) is -0.0981. The monoisotopic (exact) mass is 314 g/mol. The Hall–Kier alpha value is -1.27. The lowest BCUT2D eigenvalue weighted by Gasteiger charge is -2.19. The highest BCUT2D eigenvalue weighted by Crippen LogP contribution is 2.20. The maximum absolute atomic E-state index is 12.3. The Morgan fingerprint density at radius 3 is 2.33 bits per heavy atom. The lowest BCUT2D eigenvalue weighted by atomic mass is 10.3. The first-order valence-corrected chi connectivity index (χ1v) is 8.82. The molecule has 5 nitrogen and oxygen atoms in total. The zero-order valence-corrected chi connectivity index (χ0v) is 14.1. The summed E-state index contributed by atoms with van der Waals surface area (Å²) < 4.78 is 30.9. The number of anilines is 1. The van der Waals surface area contributed by atoms with Crippen molar-refractivity contribution >= 4 is 15.7 Å². The quantitative estimate of drug-likeness (QED) is 0.710. The van der Waals surface area contributed by atoms with E-state index in [0.29, 0.717) is 23.9 Å². The molecule has 0 fully saturated rings. The van der Waals surface area contributed by atoms with Crippen LogP contribution in [0.2, 0.25) is 0 Å². The van der Waals surface area contributed by atoms with Gasteiger partial charge in [-0.2, -0.15) is 0 Å². The zero-order chi connectivity index (χ0) is 15.9. The Bertz CT molecular complexity index is 512. The maximum atomic E-state index is 12.3. The predicted octanol–water partition coefficient (Wildman–Crippen LogP) is 2.24. The summed E-state index contributed by atoms with van der Waals surface area (Å²) in [4.78, 5) is 0. The van der Waals surface area contributed by atoms with E-state index in [2.05, 4.69) is 19.2 Å². The van der Waals surface area contributed by atoms with Gasteiger partial charge in [0.2, 0.25) is 10.0 Å². The molecule has 1 aromatic rings. The van der Waals surface area contributed by atoms with Gasteiger partial charge in [-0.3, -0.25) is 4.31 Å². The molecular weight excluding hydrogens is 288 g/mol. The van der Waals surface area contributed by atoms with Gasteiger partial charge in [-0.15, -0.1) is 0 Å². The fourth-order valence-electron chi connectivity index (χ4n) is 1.89. The average molecular weight is 314 g/mol. The Kier molecular flexibility index (Phi) is 6.98. The van der Waals surface area contributed by atoms with Crippen LogP contribution in [0.4, 0.5) is 5.69 Å². The molecule has 6 heteroatoms. The number of benzene rings is 1. The second-order valence-electron chi connectivity index (χ2n) is 5.30. The number of nitrogens with one attached hydrogen (secondary N) is 1. The molecule has 0 amide bonds. The Labute approximate surface area is 128 Å². The number of unbranched alkanes of at least 4 members (excludes halogenated alkanes) is 1. The van der Waals surface area contributed by atoms with E-state index in [0.717, 1.165) is 13.0 Å². The molecule has 1 aromatic carbocycles. The summed E-state index contributed by atoms with van der Waals surface area (Å²) in [5.74, 6) is 0.874. The van der Waals surface area contributed by atoms with E-state index in [1.165, 1.54) is 4.31 Å². The molecule has 0 bridgehead atoms. The molecule has 0 saturated heterocycles. The van der Waals surface area contributed by atoms with E-state index >= 15 is 0 Å². The SMILES string of the molecule is COc1ccc(N(C)S(=O)(=O)CCCCNC(C)C)cc1. The number of ether oxygens (including phenoxy) is 1. The summed E-state index contributed by atoms with van der Waals surface area (Å²) in [5, 5.41) is 3.28. The number of rotatable bonds is 9. The van der Waals surface area contributed by atoms with E-state index < -0.39 is 10.0 Å². The molecule has 1 N–H and O–H groups in total. The minimum atomic E-state index is -3.27. The minimum Gasteiger partial charge on any atom is -0.497 e. The van der Waals surface area contributed by atoms with E-state index in [4.69, 9.17) is 4.74 Å². The first-order valence-electron chi connectivity index (χ1n) is 7.21. The third kappa shape index (κ3) is 5.93. The van der Waals surface area contributed by atoms with Crippen molar-refractivity contribution in [2.24, 2.45) is 0 Å². The van der Waals surface area contributed by atoms with Crippen LogP contribution in [0.1, 0.15) is 26.7 Å². The van der Waals surface area contributed by atoms with Gasteiger partial charge in [0.05, 0.1) is 18.6 Å². The molecule has 0 atom stereocenters. The fraction of sp³-hybridized carbons (Fsp3) is 0.600. The van der Waals surface area contributed by atoms with E-state index in [9.17, 15) is 8.42 Å². The molecule has 0 spiro atoms. The van der Waals surface area contributed by atoms with Crippen LogP contribution in [0, 0.1) is 0 Å². The highest BCUT2D eigenvalue weighted by Gasteiger charge is 2.17. The van der Waals surface area contributed by atoms with Gasteiger partial charge in [-0.1, -0.05) is 13.8 Å². The van der Waals surface area contributed by atoms with Gasteiger partial charge in [-0.25, -0.2) is 8.42 Å². The fourth-order valence-corrected chi connectivity index (χ4v) is 3.18. The Morgan fingerprint density at radius 2 is 1.81 bits per heavy atom. The van der Waals surface area contributed by atoms with Crippen LogP contribution < -0.4 is 14.4 Å². The molecule has 0 aliphatic rings. The highest BCUT2D eigenvalue weighted by atomic mass is 32.2. The first kappa shape index (κ1) is 17.8. The first-order chi connectivity index (χ1) is 9.86. The van der Waals surface area contributed by atoms with Crippen LogP contribution in [0.5, 0.6) is 5.75 Å². The number of hydrogen-bond donors (Lipinski definition) is 1. The van der Waals surface area contributed by atoms with Gasteiger partial charge in [-0.05, 0) is 43.7 Å². The topological polar surface area (TPSA) is 58.6 Å². The summed E-state index contributed by atoms with van der Waals surface area (Å²) in [6.45, 7) is 5.00. The number of hydrogen-bond acceptors (Lipinski definition) is 4. The lowest BCUT2D eigenvalue weighted by molar-refractivity contribution is 0.415. The lowest BCUT2D eigenvalue weighted by Crippen LogP contribution is -2.29. The van der Waals surface area contributed by atoms with Crippen LogP contribution in [-0.4, -0.2) is 40.9 Å². The van der Waals surface area contributed by atoms with Gasteiger partial charge in [0.25, 0.3) is 0 Å². The van der Waals surface area contributed by atoms with Gasteiger partial charge in [0, 0.05) is 13.1 Å². The second kappa shape index (κ2) is 8.24. The second-order valence-corrected chi connectivity index (χ2v) is 7.42. The van der Waals surface area contributed by atoms with Crippen LogP contribution >= 0.6 is 0 Å². The summed E-state index contributed by atoms with van der Waals surface area (Å²) in [6.07, 6.45) is 1.51. The molecule has 0 unspecified atom stereocenters. The largest absolute Gasteiger partial charge is 0.497 e. The van der Waals surface area contributed by atoms with Gasteiger partial charge >= 0.3 is 0 Å². The van der Waals surface area contributed by atoms with Crippen molar-refractivity contribution in [3.05, 3.63) is 24.3 Å². The Balaban J connectivity index is 2.52. The van der Waals surface area contributed by atoms with Crippen molar-refractivity contribution in [2.75, 3.05) is 30.8 Å². The predicted molar refractivity (Wildman–Crippen MR) is 87.6 cm³/mol. The van der Waals surface area contributed by atoms with E-state index in [-0.39, 0.29) is 5.75 Å². The van der Waals surface area contributed by atoms with Crippen molar-refractivity contribution in [1.82, 2.24) is 5.32 Å². The van der Waals surface area contributed by atoms with Crippen LogP contribution in [0.15, 0.2) is 24.3 Å². The molecule has 0 aliphatic carbocycles. The van der Waals surface area contributed by atoms with Crippen molar-refractivity contribution in [3.8, 4) is 5.75 Å². The molecule has 0 radical (unpaired) electrons. The third-order valence-corrected chi connectivity index (χ3v) is 5.08. The van der Waals surface area contributed by atoms with Gasteiger partial charge in [0.1, 0.15) is 5.75 Å². The normalized spacial score (nSPS) is 11.7. The summed E-state index contributed by atoms with van der Waals surface area (Å²) >= 11 is 0. The Morgan fingerprint density at radius 1 is 1.19 bits per heavy atom. The van der Waals surface area contributed by atoms with E-state index in [1.807, 2.05) is 0 Å². The van der Waals surface area contributed by atoms with Crippen molar-refractivity contribution in [1.29, 1.82) is 0 Å². The molecular formula is C15H26N2O3S. The van der Waals surface area contributed by atoms with Crippen LogP contribution in [0.25, 0.3) is 0 Å². The third-order valence-electron chi connectivity index (χ3n) is 3.23.